The zero-order chi connectivity index (χ0) is 16.2. The Kier molecular flexibility index (Phi) is 16.5. The first-order valence-corrected chi connectivity index (χ1v) is 10.3. The molecule has 0 atom stereocenters. The molecule has 0 aliphatic carbocycles. The molecule has 22 heavy (non-hydrogen) atoms. The molecule has 0 saturated carbocycles. The topological polar surface area (TPSA) is 110 Å². The van der Waals surface area contributed by atoms with Gasteiger partial charge in [0.05, 0.1) is 6.61 Å². The zero-order valence-electron chi connectivity index (χ0n) is 12.6. The van der Waals surface area contributed by atoms with E-state index in [1.807, 2.05) is 0 Å². The van der Waals surface area contributed by atoms with Gasteiger partial charge in [-0.05, 0) is 6.42 Å². The minimum atomic E-state index is -5.08. The third-order valence-corrected chi connectivity index (χ3v) is 4.88. The summed E-state index contributed by atoms with van der Waals surface area (Å²) in [6, 6.07) is 0. The number of hydrogen-bond donors (Lipinski definition) is 2. The van der Waals surface area contributed by atoms with Crippen molar-refractivity contribution in [1.29, 1.82) is 0 Å². The van der Waals surface area contributed by atoms with E-state index in [-0.39, 0.29) is 36.2 Å². The fourth-order valence-corrected chi connectivity index (χ4v) is 3.34. The van der Waals surface area contributed by atoms with Crippen LogP contribution in [-0.2, 0) is 23.1 Å². The van der Waals surface area contributed by atoms with E-state index in [1.54, 1.807) is 0 Å². The van der Waals surface area contributed by atoms with Gasteiger partial charge in [0.1, 0.15) is 0 Å². The Hall–Kier alpha value is 1.02. The molecule has 0 aromatic rings. The molecule has 0 rings (SSSR count). The summed E-state index contributed by atoms with van der Waals surface area (Å²) < 4.78 is 40.2. The molecule has 0 amide bonds. The molecule has 0 aromatic heterocycles. The van der Waals surface area contributed by atoms with Gasteiger partial charge in [0, 0.05) is 0 Å². The van der Waals surface area contributed by atoms with Crippen LogP contribution >= 0.6 is 7.82 Å². The molecule has 10 heteroatoms. The molecule has 0 aromatic carbocycles. The summed E-state index contributed by atoms with van der Waals surface area (Å²) in [5.41, 5.74) is 0. The van der Waals surface area contributed by atoms with Crippen LogP contribution < -0.4 is 0 Å². The third-order valence-electron chi connectivity index (χ3n) is 2.91. The van der Waals surface area contributed by atoms with Crippen molar-refractivity contribution in [2.24, 2.45) is 0 Å². The van der Waals surface area contributed by atoms with E-state index in [0.29, 0.717) is 6.42 Å². The summed E-state index contributed by atoms with van der Waals surface area (Å²) in [4.78, 5) is 16.7. The standard InChI is InChI=1S/C12H27O7PS.Na.H/c1-2-3-4-5-6-7-8-9-10-11-12-18-21(16,17)19-20(13,14)15;;/h2-12H2,1H3,(H2,13,14,15);;. The zero-order valence-corrected chi connectivity index (χ0v) is 14.3. The van der Waals surface area contributed by atoms with E-state index in [4.69, 9.17) is 9.79 Å². The van der Waals surface area contributed by atoms with Crippen molar-refractivity contribution in [1.82, 2.24) is 0 Å². The van der Waals surface area contributed by atoms with E-state index in [9.17, 15) is 13.0 Å². The minimum absolute atomic E-state index is 0. The third kappa shape index (κ3) is 19.1. The fraction of sp³-hybridized carbons (Fsp3) is 1.00. The Balaban J connectivity index is 0. The van der Waals surface area contributed by atoms with Crippen LogP contribution in [0.5, 0.6) is 0 Å². The van der Waals surface area contributed by atoms with Gasteiger partial charge in [-0.2, -0.15) is 8.42 Å². The summed E-state index contributed by atoms with van der Waals surface area (Å²) in [7, 11) is -9.70. The van der Waals surface area contributed by atoms with Gasteiger partial charge in [0.2, 0.25) is 0 Å². The molecule has 0 aliphatic rings. The Morgan fingerprint density at radius 3 is 1.68 bits per heavy atom. The number of phosphoric acid groups is 1. The molecule has 0 fully saturated rings. The Morgan fingerprint density at radius 1 is 0.864 bits per heavy atom. The van der Waals surface area contributed by atoms with Crippen molar-refractivity contribution in [3.63, 3.8) is 0 Å². The summed E-state index contributed by atoms with van der Waals surface area (Å²) in [6.07, 6.45) is 11.0. The predicted molar refractivity (Wildman–Crippen MR) is 87.0 cm³/mol. The molecule has 0 bridgehead atoms. The number of hydrogen-bond acceptors (Lipinski definition) is 5. The fourth-order valence-electron chi connectivity index (χ4n) is 1.89. The number of rotatable bonds is 14. The van der Waals surface area contributed by atoms with Crippen molar-refractivity contribution in [3.05, 3.63) is 0 Å². The van der Waals surface area contributed by atoms with Gasteiger partial charge in [-0.25, -0.2) is 8.75 Å². The van der Waals surface area contributed by atoms with Crippen LogP contribution in [0.2, 0.25) is 0 Å². The Morgan fingerprint density at radius 2 is 1.27 bits per heavy atom. The molecular weight excluding hydrogens is 342 g/mol. The van der Waals surface area contributed by atoms with Gasteiger partial charge < -0.3 is 9.79 Å². The normalized spacial score (nSPS) is 12.1. The van der Waals surface area contributed by atoms with Crippen molar-refractivity contribution in [3.8, 4) is 0 Å². The van der Waals surface area contributed by atoms with E-state index < -0.39 is 18.2 Å². The summed E-state index contributed by atoms with van der Waals surface area (Å²) in [5.74, 6) is 0. The summed E-state index contributed by atoms with van der Waals surface area (Å²) in [6.45, 7) is 2.06. The Bertz CT molecular complexity index is 396. The van der Waals surface area contributed by atoms with E-state index >= 15 is 0 Å². The number of unbranched alkanes of at least 4 members (excludes halogenated alkanes) is 9. The quantitative estimate of drug-likeness (QED) is 0.275. The van der Waals surface area contributed by atoms with E-state index in [1.165, 1.54) is 38.5 Å². The average Bonchev–Trinajstić information content (AvgIpc) is 2.33. The van der Waals surface area contributed by atoms with E-state index in [2.05, 4.69) is 15.1 Å². The summed E-state index contributed by atoms with van der Waals surface area (Å²) >= 11 is 0. The van der Waals surface area contributed by atoms with Crippen molar-refractivity contribution >= 4 is 47.8 Å². The second-order valence-electron chi connectivity index (χ2n) is 4.98. The SMILES string of the molecule is CCCCCCCCCCCCOS(=O)(=O)OP(=O)(O)O.[NaH]. The molecule has 0 heterocycles. The maximum atomic E-state index is 11.0. The molecular formula is C12H28NaO7PS. The molecule has 0 saturated heterocycles. The van der Waals surface area contributed by atoms with Crippen LogP contribution in [0.4, 0.5) is 0 Å². The van der Waals surface area contributed by atoms with Crippen LogP contribution in [0.15, 0.2) is 0 Å². The van der Waals surface area contributed by atoms with Crippen LogP contribution in [0, 0.1) is 0 Å². The van der Waals surface area contributed by atoms with Gasteiger partial charge >= 0.3 is 47.8 Å². The van der Waals surface area contributed by atoms with Crippen LogP contribution in [0.25, 0.3) is 0 Å². The monoisotopic (exact) mass is 370 g/mol. The molecule has 0 aliphatic heterocycles. The van der Waals surface area contributed by atoms with Gasteiger partial charge in [0.25, 0.3) is 0 Å². The molecule has 0 radical (unpaired) electrons. The molecule has 0 unspecified atom stereocenters. The summed E-state index contributed by atoms with van der Waals surface area (Å²) in [5, 5.41) is 0. The molecule has 0 spiro atoms. The average molecular weight is 370 g/mol. The van der Waals surface area contributed by atoms with Crippen molar-refractivity contribution in [2.45, 2.75) is 71.1 Å². The first-order valence-electron chi connectivity index (χ1n) is 7.43. The Labute approximate surface area is 156 Å². The first-order chi connectivity index (χ1) is 9.77. The van der Waals surface area contributed by atoms with Crippen LogP contribution in [0.3, 0.4) is 0 Å². The van der Waals surface area contributed by atoms with Gasteiger partial charge in [-0.15, -0.1) is 3.97 Å². The first kappa shape index (κ1) is 25.3. The molecule has 130 valence electrons. The second-order valence-corrected chi connectivity index (χ2v) is 7.61. The second kappa shape index (κ2) is 14.4. The van der Waals surface area contributed by atoms with Crippen LogP contribution in [0.1, 0.15) is 71.1 Å². The molecule has 7 nitrogen and oxygen atoms in total. The van der Waals surface area contributed by atoms with Gasteiger partial charge in [0.15, 0.2) is 0 Å². The van der Waals surface area contributed by atoms with Gasteiger partial charge in [-0.1, -0.05) is 64.7 Å². The van der Waals surface area contributed by atoms with E-state index in [0.717, 1.165) is 19.3 Å². The van der Waals surface area contributed by atoms with Gasteiger partial charge in [-0.3, -0.25) is 0 Å². The molecule has 2 N–H and O–H groups in total. The predicted octanol–water partition coefficient (Wildman–Crippen LogP) is 2.63. The van der Waals surface area contributed by atoms with Crippen molar-refractivity contribution in [2.75, 3.05) is 6.61 Å². The van der Waals surface area contributed by atoms with Crippen molar-refractivity contribution < 1.29 is 30.9 Å². The van der Waals surface area contributed by atoms with Crippen LogP contribution in [-0.4, -0.2) is 54.4 Å². The maximum absolute atomic E-state index is 11.0.